The van der Waals surface area contributed by atoms with Crippen LogP contribution in [0.5, 0.6) is 0 Å². The summed E-state index contributed by atoms with van der Waals surface area (Å²) in [7, 11) is 0. The van der Waals surface area contributed by atoms with Crippen LogP contribution in [0, 0.1) is 5.82 Å². The highest BCUT2D eigenvalue weighted by Gasteiger charge is 2.28. The fourth-order valence-electron chi connectivity index (χ4n) is 2.32. The fraction of sp³-hybridized carbons (Fsp3) is 0.533. The molecule has 1 aromatic rings. The van der Waals surface area contributed by atoms with Crippen molar-refractivity contribution in [3.8, 4) is 0 Å². The molecule has 0 saturated heterocycles. The van der Waals surface area contributed by atoms with Gasteiger partial charge >= 0.3 is 6.09 Å². The third-order valence-electron chi connectivity index (χ3n) is 3.34. The van der Waals surface area contributed by atoms with E-state index in [1.807, 2.05) is 6.07 Å². The molecule has 0 aromatic heterocycles. The molecule has 1 amide bonds. The minimum absolute atomic E-state index is 0.170. The van der Waals surface area contributed by atoms with Gasteiger partial charge in [0.05, 0.1) is 11.0 Å². The number of fused-ring (bicyclic) bond motifs is 1. The summed E-state index contributed by atoms with van der Waals surface area (Å²) in [6, 6.07) is 3.18. The van der Waals surface area contributed by atoms with Crippen LogP contribution in [0.25, 0.3) is 0 Å². The van der Waals surface area contributed by atoms with Crippen molar-refractivity contribution >= 4 is 22.0 Å². The molecular formula is C15H20BrFN2O2. The van der Waals surface area contributed by atoms with Crippen LogP contribution in [0.15, 0.2) is 16.6 Å². The largest absolute Gasteiger partial charge is 0.444 e. The smallest absolute Gasteiger partial charge is 0.410 e. The number of carbonyl (C=O) groups excluding carboxylic acids is 1. The Labute approximate surface area is 132 Å². The standard InChI is InChI=1S/C15H20BrFN2O2/c1-15(2,3)21-14(20)19-7-6-12(18)9-4-5-11(16)13(17)10(9)8-19/h4-5,12H,6-8,18H2,1-3H3. The molecule has 116 valence electrons. The average molecular weight is 359 g/mol. The van der Waals surface area contributed by atoms with Crippen molar-refractivity contribution in [1.82, 2.24) is 4.90 Å². The van der Waals surface area contributed by atoms with Crippen LogP contribution in [0.1, 0.15) is 44.4 Å². The van der Waals surface area contributed by atoms with Crippen LogP contribution in [-0.2, 0) is 11.3 Å². The highest BCUT2D eigenvalue weighted by atomic mass is 79.9. The van der Waals surface area contributed by atoms with E-state index in [0.717, 1.165) is 5.56 Å². The van der Waals surface area contributed by atoms with E-state index in [9.17, 15) is 9.18 Å². The first-order chi connectivity index (χ1) is 9.69. The third-order valence-corrected chi connectivity index (χ3v) is 3.95. The van der Waals surface area contributed by atoms with E-state index in [2.05, 4.69) is 15.9 Å². The molecule has 1 heterocycles. The van der Waals surface area contributed by atoms with Gasteiger partial charge in [-0.25, -0.2) is 9.18 Å². The minimum atomic E-state index is -0.579. The van der Waals surface area contributed by atoms with Crippen LogP contribution in [0.3, 0.4) is 0 Å². The second-order valence-corrected chi connectivity index (χ2v) is 7.08. The number of hydrogen-bond donors (Lipinski definition) is 1. The van der Waals surface area contributed by atoms with E-state index in [-0.39, 0.29) is 18.4 Å². The van der Waals surface area contributed by atoms with Crippen molar-refractivity contribution < 1.29 is 13.9 Å². The van der Waals surface area contributed by atoms with E-state index in [1.54, 1.807) is 26.8 Å². The maximum Gasteiger partial charge on any atom is 0.410 e. The number of nitrogens with two attached hydrogens (primary N) is 1. The lowest BCUT2D eigenvalue weighted by atomic mass is 10.00. The first-order valence-corrected chi connectivity index (χ1v) is 7.68. The van der Waals surface area contributed by atoms with E-state index in [1.165, 1.54) is 4.90 Å². The van der Waals surface area contributed by atoms with Gasteiger partial charge in [-0.2, -0.15) is 0 Å². The van der Waals surface area contributed by atoms with E-state index in [0.29, 0.717) is 23.0 Å². The molecule has 1 atom stereocenters. The first-order valence-electron chi connectivity index (χ1n) is 6.89. The summed E-state index contributed by atoms with van der Waals surface area (Å²) >= 11 is 3.18. The molecule has 6 heteroatoms. The second-order valence-electron chi connectivity index (χ2n) is 6.23. The maximum absolute atomic E-state index is 14.3. The number of amides is 1. The summed E-state index contributed by atoms with van der Waals surface area (Å²) in [6.07, 6.45) is 0.134. The topological polar surface area (TPSA) is 55.6 Å². The van der Waals surface area contributed by atoms with Gasteiger partial charge < -0.3 is 15.4 Å². The van der Waals surface area contributed by atoms with Gasteiger partial charge in [-0.3, -0.25) is 0 Å². The van der Waals surface area contributed by atoms with Gasteiger partial charge in [0.15, 0.2) is 0 Å². The van der Waals surface area contributed by atoms with Crippen molar-refractivity contribution in [3.05, 3.63) is 33.5 Å². The molecule has 0 fully saturated rings. The lowest BCUT2D eigenvalue weighted by molar-refractivity contribution is 0.0233. The normalized spacial score (nSPS) is 19.0. The summed E-state index contributed by atoms with van der Waals surface area (Å²) in [4.78, 5) is 13.7. The first kappa shape index (κ1) is 16.2. The van der Waals surface area contributed by atoms with Crippen LogP contribution in [0.4, 0.5) is 9.18 Å². The predicted octanol–water partition coefficient (Wildman–Crippen LogP) is 3.73. The quantitative estimate of drug-likeness (QED) is 0.768. The van der Waals surface area contributed by atoms with Crippen LogP contribution >= 0.6 is 15.9 Å². The van der Waals surface area contributed by atoms with E-state index >= 15 is 0 Å². The van der Waals surface area contributed by atoms with Crippen molar-refractivity contribution in [2.75, 3.05) is 6.54 Å². The molecule has 4 nitrogen and oxygen atoms in total. The highest BCUT2D eigenvalue weighted by Crippen LogP contribution is 2.31. The second kappa shape index (κ2) is 5.93. The van der Waals surface area contributed by atoms with Crippen LogP contribution in [-0.4, -0.2) is 23.1 Å². The molecule has 1 aromatic carbocycles. The predicted molar refractivity (Wildman–Crippen MR) is 82.3 cm³/mol. The molecule has 2 N–H and O–H groups in total. The molecule has 0 bridgehead atoms. The number of halogens is 2. The van der Waals surface area contributed by atoms with E-state index in [4.69, 9.17) is 10.5 Å². The van der Waals surface area contributed by atoms with Gasteiger partial charge in [-0.15, -0.1) is 0 Å². The maximum atomic E-state index is 14.3. The molecule has 2 rings (SSSR count). The zero-order valence-corrected chi connectivity index (χ0v) is 14.0. The average Bonchev–Trinajstić information content (AvgIpc) is 2.52. The lowest BCUT2D eigenvalue weighted by Gasteiger charge is -2.26. The van der Waals surface area contributed by atoms with Crippen molar-refractivity contribution in [2.24, 2.45) is 5.73 Å². The Morgan fingerprint density at radius 1 is 1.48 bits per heavy atom. The van der Waals surface area contributed by atoms with Gasteiger partial charge in [0, 0.05) is 18.2 Å². The molecule has 0 radical (unpaired) electrons. The number of benzene rings is 1. The summed E-state index contributed by atoms with van der Waals surface area (Å²) in [5.41, 5.74) is 6.73. The minimum Gasteiger partial charge on any atom is -0.444 e. The lowest BCUT2D eigenvalue weighted by Crippen LogP contribution is -2.36. The Morgan fingerprint density at radius 3 is 2.76 bits per heavy atom. The van der Waals surface area contributed by atoms with Crippen molar-refractivity contribution in [2.45, 2.75) is 45.4 Å². The zero-order chi connectivity index (χ0) is 15.8. The van der Waals surface area contributed by atoms with Gasteiger partial charge in [0.1, 0.15) is 11.4 Å². The highest BCUT2D eigenvalue weighted by molar-refractivity contribution is 9.10. The molecular weight excluding hydrogens is 339 g/mol. The third kappa shape index (κ3) is 3.74. The Bertz CT molecular complexity index is 557. The molecule has 21 heavy (non-hydrogen) atoms. The Morgan fingerprint density at radius 2 is 2.14 bits per heavy atom. The van der Waals surface area contributed by atoms with E-state index < -0.39 is 11.7 Å². The number of hydrogen-bond acceptors (Lipinski definition) is 3. The number of ether oxygens (including phenoxy) is 1. The van der Waals surface area contributed by atoms with Crippen molar-refractivity contribution in [3.63, 3.8) is 0 Å². The summed E-state index contributed by atoms with van der Waals surface area (Å²) in [5.74, 6) is -0.363. The summed E-state index contributed by atoms with van der Waals surface area (Å²) in [5, 5.41) is 0. The molecule has 0 spiro atoms. The van der Waals surface area contributed by atoms with Crippen molar-refractivity contribution in [1.29, 1.82) is 0 Å². The Hall–Kier alpha value is -1.14. The Kier molecular flexibility index (Phi) is 4.58. The fourth-order valence-corrected chi connectivity index (χ4v) is 2.69. The zero-order valence-electron chi connectivity index (χ0n) is 12.5. The van der Waals surface area contributed by atoms with Gasteiger partial charge in [0.2, 0.25) is 0 Å². The number of rotatable bonds is 0. The molecule has 1 aliphatic rings. The number of carbonyl (C=O) groups is 1. The molecule has 0 aliphatic carbocycles. The molecule has 1 aliphatic heterocycles. The monoisotopic (exact) mass is 358 g/mol. The summed E-state index contributed by atoms with van der Waals surface area (Å²) in [6.45, 7) is 6.03. The number of nitrogens with zero attached hydrogens (tertiary/aromatic N) is 1. The summed E-state index contributed by atoms with van der Waals surface area (Å²) < 4.78 is 20.1. The van der Waals surface area contributed by atoms with Gasteiger partial charge in [-0.1, -0.05) is 6.07 Å². The van der Waals surface area contributed by atoms with Crippen LogP contribution in [0.2, 0.25) is 0 Å². The van der Waals surface area contributed by atoms with Gasteiger partial charge in [0.25, 0.3) is 0 Å². The Balaban J connectivity index is 2.30. The SMILES string of the molecule is CC(C)(C)OC(=O)N1CCC(N)c2ccc(Br)c(F)c2C1. The van der Waals surface area contributed by atoms with Crippen LogP contribution < -0.4 is 5.73 Å². The van der Waals surface area contributed by atoms with Gasteiger partial charge in [-0.05, 0) is 54.8 Å². The molecule has 1 unspecified atom stereocenters. The molecule has 0 saturated carbocycles.